The van der Waals surface area contributed by atoms with E-state index in [0.29, 0.717) is 0 Å². The number of halogens is 2. The Morgan fingerprint density at radius 2 is 2.36 bits per heavy atom. The maximum atomic E-state index is 12.4. The van der Waals surface area contributed by atoms with Crippen molar-refractivity contribution in [2.45, 2.75) is 18.6 Å². The first kappa shape index (κ1) is 10.7. The molecule has 0 radical (unpaired) electrons. The molecular formula is C6H11ClFNO2. The molecule has 1 N–H and O–H groups in total. The minimum atomic E-state index is -0.899. The Balaban J connectivity index is 0.000001000. The Kier molecular flexibility index (Phi) is 4.37. The Hall–Kier alpha value is -0.350. The molecule has 0 unspecified atom stereocenters. The lowest BCUT2D eigenvalue weighted by atomic mass is 10.2. The van der Waals surface area contributed by atoms with E-state index < -0.39 is 12.2 Å². The maximum absolute atomic E-state index is 12.4. The van der Waals surface area contributed by atoms with Crippen molar-refractivity contribution in [2.24, 2.45) is 0 Å². The topological polar surface area (TPSA) is 38.3 Å². The molecule has 0 amide bonds. The fourth-order valence-electron chi connectivity index (χ4n) is 1.01. The van der Waals surface area contributed by atoms with Gasteiger partial charge in [0.2, 0.25) is 0 Å². The number of carbonyl (C=O) groups is 1. The molecule has 2 atom stereocenters. The van der Waals surface area contributed by atoms with Gasteiger partial charge in [0.1, 0.15) is 12.2 Å². The summed E-state index contributed by atoms with van der Waals surface area (Å²) in [7, 11) is 1.30. The van der Waals surface area contributed by atoms with Crippen LogP contribution in [0.15, 0.2) is 0 Å². The van der Waals surface area contributed by atoms with Gasteiger partial charge in [0, 0.05) is 13.0 Å². The molecule has 66 valence electrons. The van der Waals surface area contributed by atoms with Crippen LogP contribution in [-0.2, 0) is 9.53 Å². The SMILES string of the molecule is COC(=O)[C@H]1C[C@H](F)CN1.Cl. The van der Waals surface area contributed by atoms with Crippen LogP contribution in [-0.4, -0.2) is 31.8 Å². The zero-order valence-electron chi connectivity index (χ0n) is 6.17. The molecule has 0 aromatic carbocycles. The molecule has 0 spiro atoms. The van der Waals surface area contributed by atoms with E-state index in [2.05, 4.69) is 10.1 Å². The molecule has 1 aliphatic heterocycles. The number of nitrogens with one attached hydrogen (secondary N) is 1. The molecular weight excluding hydrogens is 173 g/mol. The van der Waals surface area contributed by atoms with Crippen LogP contribution in [0.25, 0.3) is 0 Å². The van der Waals surface area contributed by atoms with E-state index in [4.69, 9.17) is 0 Å². The first-order valence-electron chi connectivity index (χ1n) is 3.19. The average molecular weight is 184 g/mol. The second kappa shape index (κ2) is 4.51. The smallest absolute Gasteiger partial charge is 0.322 e. The average Bonchev–Trinajstić information content (AvgIpc) is 2.34. The van der Waals surface area contributed by atoms with Crippen LogP contribution in [0.1, 0.15) is 6.42 Å². The van der Waals surface area contributed by atoms with Gasteiger partial charge in [-0.15, -0.1) is 12.4 Å². The van der Waals surface area contributed by atoms with Crippen LogP contribution >= 0.6 is 12.4 Å². The van der Waals surface area contributed by atoms with Gasteiger partial charge in [0.25, 0.3) is 0 Å². The number of rotatable bonds is 1. The molecule has 5 heteroatoms. The summed E-state index contributed by atoms with van der Waals surface area (Å²) in [4.78, 5) is 10.7. The minimum Gasteiger partial charge on any atom is -0.468 e. The number of esters is 1. The van der Waals surface area contributed by atoms with Gasteiger partial charge >= 0.3 is 5.97 Å². The third-order valence-electron chi connectivity index (χ3n) is 1.56. The van der Waals surface area contributed by atoms with Gasteiger partial charge in [-0.05, 0) is 0 Å². The normalized spacial score (nSPS) is 29.3. The van der Waals surface area contributed by atoms with Crippen LogP contribution in [0.4, 0.5) is 4.39 Å². The zero-order valence-corrected chi connectivity index (χ0v) is 6.99. The zero-order chi connectivity index (χ0) is 7.56. The van der Waals surface area contributed by atoms with Gasteiger partial charge in [-0.25, -0.2) is 4.39 Å². The number of carbonyl (C=O) groups excluding carboxylic acids is 1. The van der Waals surface area contributed by atoms with E-state index in [9.17, 15) is 9.18 Å². The third kappa shape index (κ3) is 2.63. The summed E-state index contributed by atoms with van der Waals surface area (Å²) in [5, 5.41) is 2.71. The van der Waals surface area contributed by atoms with Crippen molar-refractivity contribution < 1.29 is 13.9 Å². The highest BCUT2D eigenvalue weighted by molar-refractivity contribution is 5.85. The van der Waals surface area contributed by atoms with E-state index in [0.717, 1.165) is 0 Å². The van der Waals surface area contributed by atoms with Gasteiger partial charge < -0.3 is 10.1 Å². The molecule has 0 aliphatic carbocycles. The van der Waals surface area contributed by atoms with Crippen molar-refractivity contribution in [3.8, 4) is 0 Å². The van der Waals surface area contributed by atoms with Crippen molar-refractivity contribution in [1.82, 2.24) is 5.32 Å². The fourth-order valence-corrected chi connectivity index (χ4v) is 1.01. The summed E-state index contributed by atoms with van der Waals surface area (Å²) in [6, 6.07) is -0.431. The number of ether oxygens (including phenoxy) is 1. The lowest BCUT2D eigenvalue weighted by Crippen LogP contribution is -2.31. The Morgan fingerprint density at radius 3 is 2.73 bits per heavy atom. The number of hydrogen-bond donors (Lipinski definition) is 1. The summed E-state index contributed by atoms with van der Waals surface area (Å²) >= 11 is 0. The van der Waals surface area contributed by atoms with E-state index in [1.807, 2.05) is 0 Å². The van der Waals surface area contributed by atoms with E-state index >= 15 is 0 Å². The number of methoxy groups -OCH3 is 1. The van der Waals surface area contributed by atoms with Crippen LogP contribution in [0.3, 0.4) is 0 Å². The lowest BCUT2D eigenvalue weighted by Gasteiger charge is -2.04. The predicted octanol–water partition coefficient (Wildman–Crippen LogP) is 0.281. The molecule has 0 aromatic rings. The van der Waals surface area contributed by atoms with E-state index in [1.165, 1.54) is 7.11 Å². The minimum absolute atomic E-state index is 0. The molecule has 1 heterocycles. The van der Waals surface area contributed by atoms with Crippen LogP contribution < -0.4 is 5.32 Å². The number of hydrogen-bond acceptors (Lipinski definition) is 3. The second-order valence-electron chi connectivity index (χ2n) is 2.32. The van der Waals surface area contributed by atoms with Crippen LogP contribution in [0.2, 0.25) is 0 Å². The first-order chi connectivity index (χ1) is 4.74. The first-order valence-corrected chi connectivity index (χ1v) is 3.19. The van der Waals surface area contributed by atoms with Gasteiger partial charge in [-0.3, -0.25) is 4.79 Å². The van der Waals surface area contributed by atoms with Crippen LogP contribution in [0, 0.1) is 0 Å². The molecule has 3 nitrogen and oxygen atoms in total. The highest BCUT2D eigenvalue weighted by atomic mass is 35.5. The molecule has 0 bridgehead atoms. The molecule has 1 aliphatic rings. The highest BCUT2D eigenvalue weighted by Gasteiger charge is 2.29. The van der Waals surface area contributed by atoms with Gasteiger partial charge in [-0.1, -0.05) is 0 Å². The largest absolute Gasteiger partial charge is 0.468 e. The van der Waals surface area contributed by atoms with Crippen molar-refractivity contribution in [3.05, 3.63) is 0 Å². The summed E-state index contributed by atoms with van der Waals surface area (Å²) in [5.41, 5.74) is 0. The predicted molar refractivity (Wildman–Crippen MR) is 40.6 cm³/mol. The van der Waals surface area contributed by atoms with E-state index in [1.54, 1.807) is 0 Å². The summed E-state index contributed by atoms with van der Waals surface area (Å²) < 4.78 is 16.8. The van der Waals surface area contributed by atoms with E-state index in [-0.39, 0.29) is 31.3 Å². The van der Waals surface area contributed by atoms with Crippen LogP contribution in [0.5, 0.6) is 0 Å². The van der Waals surface area contributed by atoms with Gasteiger partial charge in [0.15, 0.2) is 0 Å². The maximum Gasteiger partial charge on any atom is 0.322 e. The summed E-state index contributed by atoms with van der Waals surface area (Å²) in [5.74, 6) is -0.375. The van der Waals surface area contributed by atoms with Gasteiger partial charge in [-0.2, -0.15) is 0 Å². The quantitative estimate of drug-likeness (QED) is 0.594. The molecule has 0 saturated carbocycles. The molecule has 1 fully saturated rings. The molecule has 0 aromatic heterocycles. The van der Waals surface area contributed by atoms with Crippen molar-refractivity contribution in [3.63, 3.8) is 0 Å². The van der Waals surface area contributed by atoms with Crippen molar-refractivity contribution in [1.29, 1.82) is 0 Å². The third-order valence-corrected chi connectivity index (χ3v) is 1.56. The lowest BCUT2D eigenvalue weighted by molar-refractivity contribution is -0.142. The highest BCUT2D eigenvalue weighted by Crippen LogP contribution is 2.10. The molecule has 11 heavy (non-hydrogen) atoms. The standard InChI is InChI=1S/C6H10FNO2.ClH/c1-10-6(9)5-2-4(7)3-8-5;/h4-5,8H,2-3H2,1H3;1H/t4-,5+;/m0./s1. The Labute approximate surface area is 70.7 Å². The fraction of sp³-hybridized carbons (Fsp3) is 0.833. The summed E-state index contributed by atoms with van der Waals surface area (Å²) in [6.07, 6.45) is -0.656. The number of alkyl halides is 1. The van der Waals surface area contributed by atoms with Gasteiger partial charge in [0.05, 0.1) is 7.11 Å². The van der Waals surface area contributed by atoms with Crippen molar-refractivity contribution in [2.75, 3.05) is 13.7 Å². The monoisotopic (exact) mass is 183 g/mol. The van der Waals surface area contributed by atoms with Crippen molar-refractivity contribution >= 4 is 18.4 Å². The molecule has 1 rings (SSSR count). The Bertz CT molecular complexity index is 145. The second-order valence-corrected chi connectivity index (χ2v) is 2.32. The molecule has 1 saturated heterocycles. The summed E-state index contributed by atoms with van der Waals surface area (Å²) in [6.45, 7) is 0.264. The Morgan fingerprint density at radius 1 is 1.73 bits per heavy atom.